The first kappa shape index (κ1) is 31.0. The number of rotatable bonds is 5. The number of nitrogens with one attached hydrogen (secondary N) is 1. The third-order valence-corrected chi connectivity index (χ3v) is 9.80. The minimum absolute atomic E-state index is 0.0184. The summed E-state index contributed by atoms with van der Waals surface area (Å²) in [5, 5.41) is 4.83. The fraction of sp³-hybridized carbons (Fsp3) is 0.457. The summed E-state index contributed by atoms with van der Waals surface area (Å²) in [5.41, 5.74) is 3.87. The average molecular weight is 635 g/mol. The Morgan fingerprint density at radius 1 is 0.750 bits per heavy atom. The highest BCUT2D eigenvalue weighted by atomic mass is 35.5. The van der Waals surface area contributed by atoms with Crippen molar-refractivity contribution >= 4 is 35.0 Å². The van der Waals surface area contributed by atoms with Crippen molar-refractivity contribution in [3.05, 3.63) is 76.3 Å². The standard InChI is InChI=1S/C35H41Cl2N5O2/c1-23-20-42(21-24(2)38-23)34(43)27-4-3-15-41(22-27)31-13-16-40(17-14-31)35(44)28-18-32(25-5-9-29(36)10-6-25)39-33(19-28)26-7-11-30(37)12-8-26/h5-12,18-19,23-24,27,31,38H,3-4,13-17,20-22H2,1-2H3/t23?,24?,27-/m1/s1. The Labute approximate surface area is 270 Å². The normalized spacial score (nSPS) is 23.5. The molecule has 3 saturated heterocycles. The number of hydrogen-bond acceptors (Lipinski definition) is 5. The maximum atomic E-state index is 13.9. The largest absolute Gasteiger partial charge is 0.339 e. The zero-order valence-electron chi connectivity index (χ0n) is 25.5. The van der Waals surface area contributed by atoms with Gasteiger partial charge in [-0.2, -0.15) is 0 Å². The monoisotopic (exact) mass is 633 g/mol. The van der Waals surface area contributed by atoms with E-state index in [0.717, 1.165) is 74.4 Å². The number of benzene rings is 2. The van der Waals surface area contributed by atoms with Gasteiger partial charge in [0.25, 0.3) is 5.91 Å². The number of likely N-dealkylation sites (tertiary alicyclic amines) is 2. The summed E-state index contributed by atoms with van der Waals surface area (Å²) in [6.45, 7) is 9.12. The van der Waals surface area contributed by atoms with Crippen LogP contribution in [0.2, 0.25) is 10.0 Å². The second-order valence-corrected chi connectivity index (χ2v) is 13.6. The van der Waals surface area contributed by atoms with Crippen molar-refractivity contribution in [1.29, 1.82) is 0 Å². The van der Waals surface area contributed by atoms with Crippen LogP contribution in [0.1, 0.15) is 49.9 Å². The van der Waals surface area contributed by atoms with E-state index in [1.54, 1.807) is 0 Å². The first-order valence-corrected chi connectivity index (χ1v) is 16.6. The number of halogens is 2. The van der Waals surface area contributed by atoms with E-state index in [0.29, 0.717) is 52.7 Å². The molecule has 3 fully saturated rings. The molecule has 1 N–H and O–H groups in total. The molecule has 2 amide bonds. The molecular weight excluding hydrogens is 593 g/mol. The topological polar surface area (TPSA) is 68.8 Å². The van der Waals surface area contributed by atoms with Gasteiger partial charge < -0.3 is 15.1 Å². The van der Waals surface area contributed by atoms with Gasteiger partial charge in [0, 0.05) is 77.6 Å². The zero-order chi connectivity index (χ0) is 30.8. The molecule has 3 aromatic rings. The predicted molar refractivity (Wildman–Crippen MR) is 177 cm³/mol. The van der Waals surface area contributed by atoms with E-state index in [-0.39, 0.29) is 11.8 Å². The van der Waals surface area contributed by atoms with E-state index >= 15 is 0 Å². The Morgan fingerprint density at radius 2 is 1.30 bits per heavy atom. The number of aromatic nitrogens is 1. The van der Waals surface area contributed by atoms with E-state index in [2.05, 4.69) is 29.0 Å². The molecule has 2 unspecified atom stereocenters. The van der Waals surface area contributed by atoms with Crippen LogP contribution in [0.15, 0.2) is 60.7 Å². The summed E-state index contributed by atoms with van der Waals surface area (Å²) in [6.07, 6.45) is 3.83. The fourth-order valence-electron chi connectivity index (χ4n) is 7.11. The van der Waals surface area contributed by atoms with Crippen molar-refractivity contribution in [2.75, 3.05) is 39.3 Å². The number of amides is 2. The van der Waals surface area contributed by atoms with Crippen LogP contribution < -0.4 is 5.32 Å². The molecule has 3 aliphatic rings. The van der Waals surface area contributed by atoms with Gasteiger partial charge in [-0.15, -0.1) is 0 Å². The van der Waals surface area contributed by atoms with Gasteiger partial charge in [0.15, 0.2) is 0 Å². The highest BCUT2D eigenvalue weighted by Crippen LogP contribution is 2.30. The summed E-state index contributed by atoms with van der Waals surface area (Å²) in [6, 6.07) is 19.9. The van der Waals surface area contributed by atoms with Crippen molar-refractivity contribution < 1.29 is 9.59 Å². The maximum absolute atomic E-state index is 13.9. The summed E-state index contributed by atoms with van der Waals surface area (Å²) in [5.74, 6) is 0.397. The maximum Gasteiger partial charge on any atom is 0.254 e. The molecule has 1 aromatic heterocycles. The van der Waals surface area contributed by atoms with Crippen LogP contribution in [0, 0.1) is 5.92 Å². The lowest BCUT2D eigenvalue weighted by atomic mass is 9.92. The Balaban J connectivity index is 1.14. The number of piperidine rings is 2. The van der Waals surface area contributed by atoms with E-state index in [1.807, 2.05) is 65.6 Å². The molecule has 6 rings (SSSR count). The summed E-state index contributed by atoms with van der Waals surface area (Å²) < 4.78 is 0. The molecule has 9 heteroatoms. The van der Waals surface area contributed by atoms with Gasteiger partial charge in [-0.25, -0.2) is 4.98 Å². The number of pyridine rings is 1. The van der Waals surface area contributed by atoms with Crippen LogP contribution >= 0.6 is 23.2 Å². The molecule has 7 nitrogen and oxygen atoms in total. The van der Waals surface area contributed by atoms with Crippen LogP contribution in [0.25, 0.3) is 22.5 Å². The molecule has 4 heterocycles. The van der Waals surface area contributed by atoms with E-state index in [4.69, 9.17) is 28.2 Å². The SMILES string of the molecule is CC1CN(C(=O)[C@@H]2CCCN(C3CCN(C(=O)c4cc(-c5ccc(Cl)cc5)nc(-c5ccc(Cl)cc5)c4)CC3)C2)CC(C)N1. The second-order valence-electron chi connectivity index (χ2n) is 12.7. The van der Waals surface area contributed by atoms with Crippen LogP contribution in [0.5, 0.6) is 0 Å². The van der Waals surface area contributed by atoms with Crippen LogP contribution in [-0.2, 0) is 4.79 Å². The number of nitrogens with zero attached hydrogens (tertiary/aromatic N) is 4. The Hall–Kier alpha value is -2.97. The number of carbonyl (C=O) groups excluding carboxylic acids is 2. The minimum atomic E-state index is 0.0184. The average Bonchev–Trinajstić information content (AvgIpc) is 3.04. The third-order valence-electron chi connectivity index (χ3n) is 9.29. The Kier molecular flexibility index (Phi) is 9.57. The highest BCUT2D eigenvalue weighted by Gasteiger charge is 2.36. The van der Waals surface area contributed by atoms with Gasteiger partial charge in [-0.05, 0) is 82.5 Å². The number of hydrogen-bond donors (Lipinski definition) is 1. The molecular formula is C35H41Cl2N5O2. The number of piperazine rings is 1. The minimum Gasteiger partial charge on any atom is -0.339 e. The molecule has 0 bridgehead atoms. The third kappa shape index (κ3) is 7.12. The fourth-order valence-corrected chi connectivity index (χ4v) is 7.36. The first-order chi connectivity index (χ1) is 21.2. The zero-order valence-corrected chi connectivity index (χ0v) is 27.0. The summed E-state index contributed by atoms with van der Waals surface area (Å²) in [7, 11) is 0. The highest BCUT2D eigenvalue weighted by molar-refractivity contribution is 6.30. The van der Waals surface area contributed by atoms with Gasteiger partial charge in [0.05, 0.1) is 17.3 Å². The lowest BCUT2D eigenvalue weighted by Gasteiger charge is -2.44. The van der Waals surface area contributed by atoms with Gasteiger partial charge in [0.1, 0.15) is 0 Å². The van der Waals surface area contributed by atoms with Crippen molar-refractivity contribution in [3.63, 3.8) is 0 Å². The van der Waals surface area contributed by atoms with Crippen molar-refractivity contribution in [1.82, 2.24) is 25.0 Å². The Morgan fingerprint density at radius 3 is 1.84 bits per heavy atom. The van der Waals surface area contributed by atoms with Crippen LogP contribution in [-0.4, -0.2) is 88.9 Å². The van der Waals surface area contributed by atoms with E-state index in [1.165, 1.54) is 0 Å². The molecule has 0 aliphatic carbocycles. The van der Waals surface area contributed by atoms with Crippen molar-refractivity contribution in [2.45, 2.75) is 57.7 Å². The van der Waals surface area contributed by atoms with E-state index < -0.39 is 0 Å². The molecule has 0 saturated carbocycles. The molecule has 3 aliphatic heterocycles. The van der Waals surface area contributed by atoms with E-state index in [9.17, 15) is 9.59 Å². The second kappa shape index (κ2) is 13.6. The molecule has 232 valence electrons. The first-order valence-electron chi connectivity index (χ1n) is 15.9. The van der Waals surface area contributed by atoms with Gasteiger partial charge >= 0.3 is 0 Å². The molecule has 44 heavy (non-hydrogen) atoms. The van der Waals surface area contributed by atoms with Gasteiger partial charge in [-0.1, -0.05) is 47.5 Å². The molecule has 3 atom stereocenters. The smallest absolute Gasteiger partial charge is 0.254 e. The lowest BCUT2D eigenvalue weighted by Crippen LogP contribution is -2.58. The van der Waals surface area contributed by atoms with Crippen molar-refractivity contribution in [3.8, 4) is 22.5 Å². The quantitative estimate of drug-likeness (QED) is 0.360. The molecule has 0 radical (unpaired) electrons. The van der Waals surface area contributed by atoms with Crippen molar-refractivity contribution in [2.24, 2.45) is 5.92 Å². The predicted octanol–water partition coefficient (Wildman–Crippen LogP) is 6.25. The van der Waals surface area contributed by atoms with Crippen LogP contribution in [0.3, 0.4) is 0 Å². The Bertz CT molecular complexity index is 1400. The molecule has 0 spiro atoms. The van der Waals surface area contributed by atoms with Gasteiger partial charge in [-0.3, -0.25) is 14.5 Å². The van der Waals surface area contributed by atoms with Crippen LogP contribution in [0.4, 0.5) is 0 Å². The summed E-state index contributed by atoms with van der Waals surface area (Å²) in [4.78, 5) is 38.8. The summed E-state index contributed by atoms with van der Waals surface area (Å²) >= 11 is 12.3. The number of carbonyl (C=O) groups is 2. The lowest BCUT2D eigenvalue weighted by molar-refractivity contribution is -0.139. The molecule has 2 aromatic carbocycles. The van der Waals surface area contributed by atoms with Gasteiger partial charge in [0.2, 0.25) is 5.91 Å².